The van der Waals surface area contributed by atoms with E-state index < -0.39 is 18.1 Å². The predicted octanol–water partition coefficient (Wildman–Crippen LogP) is 5.96. The number of phenolic OH excluding ortho intramolecular Hbond substituents is 1. The van der Waals surface area contributed by atoms with Gasteiger partial charge in [-0.05, 0) is 72.6 Å². The highest BCUT2D eigenvalue weighted by atomic mass is 35.5. The predicted molar refractivity (Wildman–Crippen MR) is 169 cm³/mol. The molecule has 5 aromatic rings. The molecule has 228 valence electrons. The lowest BCUT2D eigenvalue weighted by Crippen LogP contribution is -2.39. The highest BCUT2D eigenvalue weighted by molar-refractivity contribution is 6.30. The lowest BCUT2D eigenvalue weighted by atomic mass is 9.95. The van der Waals surface area contributed by atoms with Crippen LogP contribution in [0.3, 0.4) is 0 Å². The van der Waals surface area contributed by atoms with Gasteiger partial charge < -0.3 is 14.8 Å². The molecule has 3 N–H and O–H groups in total. The molecule has 0 aliphatic heterocycles. The fraction of sp³-hybridized carbons (Fsp3) is 0.303. The third-order valence-corrected chi connectivity index (χ3v) is 7.81. The fourth-order valence-electron chi connectivity index (χ4n) is 5.11. The number of hydrogen-bond acceptors (Lipinski definition) is 8. The van der Waals surface area contributed by atoms with Crippen LogP contribution in [0.5, 0.6) is 5.75 Å². The van der Waals surface area contributed by atoms with Crippen LogP contribution in [0.15, 0.2) is 72.8 Å². The molecule has 0 amide bonds. The maximum atomic E-state index is 13.8. The van der Waals surface area contributed by atoms with E-state index in [4.69, 9.17) is 16.3 Å². The van der Waals surface area contributed by atoms with E-state index in [2.05, 4.69) is 37.5 Å². The lowest BCUT2D eigenvalue weighted by Gasteiger charge is -2.26. The molecule has 0 spiro atoms. The van der Waals surface area contributed by atoms with Gasteiger partial charge in [-0.3, -0.25) is 9.69 Å². The number of aryl methyl sites for hydroxylation is 1. The van der Waals surface area contributed by atoms with E-state index in [1.165, 1.54) is 0 Å². The number of esters is 1. The zero-order valence-corrected chi connectivity index (χ0v) is 25.8. The molecular weight excluding hydrogens is 578 g/mol. The monoisotopic (exact) mass is 613 g/mol. The second kappa shape index (κ2) is 14.3. The van der Waals surface area contributed by atoms with Crippen molar-refractivity contribution in [3.63, 3.8) is 0 Å². The fourth-order valence-corrected chi connectivity index (χ4v) is 5.38. The summed E-state index contributed by atoms with van der Waals surface area (Å²) in [7, 11) is 3.68. The first kappa shape index (κ1) is 30.9. The second-order valence-electron chi connectivity index (χ2n) is 11.0. The minimum Gasteiger partial charge on any atom is -0.508 e. The molecule has 0 radical (unpaired) electrons. The molecule has 44 heavy (non-hydrogen) atoms. The molecule has 11 heteroatoms. The largest absolute Gasteiger partial charge is 0.508 e. The molecule has 0 bridgehead atoms. The summed E-state index contributed by atoms with van der Waals surface area (Å²) >= 11 is 6.67. The Kier molecular flexibility index (Phi) is 10.0. The van der Waals surface area contributed by atoms with Crippen molar-refractivity contribution >= 4 is 17.6 Å². The molecular formula is C33H36ClN7O3. The number of rotatable bonds is 13. The van der Waals surface area contributed by atoms with Crippen molar-refractivity contribution in [2.45, 2.75) is 51.2 Å². The zero-order valence-electron chi connectivity index (χ0n) is 25.0. The molecule has 5 rings (SSSR count). The van der Waals surface area contributed by atoms with Crippen LogP contribution in [0.2, 0.25) is 5.15 Å². The molecule has 0 aliphatic rings. The number of nitrogens with one attached hydrogen (secondary N) is 2. The lowest BCUT2D eigenvalue weighted by molar-refractivity contribution is -0.155. The highest BCUT2D eigenvalue weighted by Gasteiger charge is 2.30. The van der Waals surface area contributed by atoms with Crippen molar-refractivity contribution in [3.05, 3.63) is 101 Å². The number of imidazole rings is 1. The number of ether oxygens (including phenoxy) is 1. The van der Waals surface area contributed by atoms with Crippen LogP contribution in [0.1, 0.15) is 48.5 Å². The van der Waals surface area contributed by atoms with Crippen molar-refractivity contribution < 1.29 is 14.6 Å². The molecule has 0 fully saturated rings. The van der Waals surface area contributed by atoms with E-state index >= 15 is 0 Å². The summed E-state index contributed by atoms with van der Waals surface area (Å²) in [5.41, 5.74) is 5.11. The van der Waals surface area contributed by atoms with Gasteiger partial charge in [-0.1, -0.05) is 79.5 Å². The van der Waals surface area contributed by atoms with Gasteiger partial charge in [0.1, 0.15) is 23.7 Å². The van der Waals surface area contributed by atoms with Crippen LogP contribution in [-0.4, -0.2) is 66.7 Å². The SMILES string of the molecule is CCCCc1nc(Cl)c([C@H](Cc2ccc(-c3ccccc3)c(-c3nn[nH]n3)c2)OC(=O)[C@H](Cc2ccc(O)cc2)N(C)C)[nH]1. The normalized spacial score (nSPS) is 12.8. The molecule has 2 aromatic heterocycles. The second-order valence-corrected chi connectivity index (χ2v) is 11.3. The number of carbonyl (C=O) groups is 1. The van der Waals surface area contributed by atoms with E-state index in [1.54, 1.807) is 24.3 Å². The third-order valence-electron chi connectivity index (χ3n) is 7.52. The number of nitrogens with zero attached hydrogens (tertiary/aromatic N) is 5. The Morgan fingerprint density at radius 1 is 1.00 bits per heavy atom. The number of likely N-dealkylation sites (N-methyl/N-ethyl adjacent to an activating group) is 1. The Morgan fingerprint density at radius 3 is 2.43 bits per heavy atom. The summed E-state index contributed by atoms with van der Waals surface area (Å²) in [4.78, 5) is 23.5. The molecule has 0 aliphatic carbocycles. The Morgan fingerprint density at radius 2 is 1.75 bits per heavy atom. The van der Waals surface area contributed by atoms with Crippen LogP contribution >= 0.6 is 11.6 Å². The number of aromatic amines is 2. The average molecular weight is 614 g/mol. The molecule has 0 saturated carbocycles. The van der Waals surface area contributed by atoms with Crippen LogP contribution in [0, 0.1) is 0 Å². The van der Waals surface area contributed by atoms with Gasteiger partial charge in [-0.2, -0.15) is 5.21 Å². The summed E-state index contributed by atoms with van der Waals surface area (Å²) in [6.07, 6.45) is 2.72. The minimum absolute atomic E-state index is 0.170. The average Bonchev–Trinajstić information content (AvgIpc) is 3.69. The van der Waals surface area contributed by atoms with E-state index in [0.29, 0.717) is 24.4 Å². The highest BCUT2D eigenvalue weighted by Crippen LogP contribution is 2.34. The van der Waals surface area contributed by atoms with E-state index in [0.717, 1.165) is 52.9 Å². The smallest absolute Gasteiger partial charge is 0.324 e. The molecule has 0 unspecified atom stereocenters. The molecule has 2 atom stereocenters. The van der Waals surface area contributed by atoms with Gasteiger partial charge in [-0.15, -0.1) is 10.2 Å². The summed E-state index contributed by atoms with van der Waals surface area (Å²) in [6.45, 7) is 2.12. The van der Waals surface area contributed by atoms with Crippen molar-refractivity contribution in [2.24, 2.45) is 0 Å². The third kappa shape index (κ3) is 7.50. The van der Waals surface area contributed by atoms with E-state index in [1.807, 2.05) is 67.5 Å². The van der Waals surface area contributed by atoms with Crippen LogP contribution in [0.25, 0.3) is 22.5 Å². The minimum atomic E-state index is -0.735. The number of H-pyrrole nitrogens is 2. The van der Waals surface area contributed by atoms with Crippen molar-refractivity contribution in [3.8, 4) is 28.3 Å². The van der Waals surface area contributed by atoms with Crippen molar-refractivity contribution in [1.29, 1.82) is 0 Å². The first-order valence-electron chi connectivity index (χ1n) is 14.6. The maximum Gasteiger partial charge on any atom is 0.324 e. The van der Waals surface area contributed by atoms with Gasteiger partial charge in [0.15, 0.2) is 5.15 Å². The Hall–Kier alpha value is -4.54. The number of aromatic hydroxyl groups is 1. The molecule has 10 nitrogen and oxygen atoms in total. The number of aromatic nitrogens is 6. The van der Waals surface area contributed by atoms with Gasteiger partial charge in [0, 0.05) is 18.4 Å². The summed E-state index contributed by atoms with van der Waals surface area (Å²) < 4.78 is 6.27. The van der Waals surface area contributed by atoms with Gasteiger partial charge >= 0.3 is 5.97 Å². The number of hydrogen-bond donors (Lipinski definition) is 3. The Labute approximate surface area is 261 Å². The standard InChI is InChI=1S/C33H36ClN7O3/c1-4-5-11-29-35-30(31(34)36-29)28(44-33(43)27(41(2)3)19-21-12-15-24(42)16-13-21)20-22-14-17-25(23-9-7-6-8-10-23)26(18-22)32-37-39-40-38-32/h6-10,12-18,27-28,42H,4-5,11,19-20H2,1-3H3,(H,35,36)(H,37,38,39,40)/t27-,28-/m0/s1. The number of tetrazole rings is 1. The number of carbonyl (C=O) groups excluding carboxylic acids is 1. The maximum absolute atomic E-state index is 13.8. The summed E-state index contributed by atoms with van der Waals surface area (Å²) in [5, 5.41) is 24.8. The van der Waals surface area contributed by atoms with Crippen LogP contribution < -0.4 is 0 Å². The first-order chi connectivity index (χ1) is 21.3. The first-order valence-corrected chi connectivity index (χ1v) is 15.0. The van der Waals surface area contributed by atoms with Gasteiger partial charge in [0.2, 0.25) is 5.82 Å². The van der Waals surface area contributed by atoms with Gasteiger partial charge in [0.05, 0.1) is 5.69 Å². The van der Waals surface area contributed by atoms with Crippen molar-refractivity contribution in [1.82, 2.24) is 35.5 Å². The quantitative estimate of drug-likeness (QED) is 0.139. The van der Waals surface area contributed by atoms with Crippen molar-refractivity contribution in [2.75, 3.05) is 14.1 Å². The number of halogens is 1. The summed E-state index contributed by atoms with van der Waals surface area (Å²) in [5.74, 6) is 0.993. The van der Waals surface area contributed by atoms with Crippen LogP contribution in [0.4, 0.5) is 0 Å². The Bertz CT molecular complexity index is 1650. The van der Waals surface area contributed by atoms with E-state index in [-0.39, 0.29) is 10.9 Å². The van der Waals surface area contributed by atoms with Crippen LogP contribution in [-0.2, 0) is 28.8 Å². The number of unbranched alkanes of at least 4 members (excludes halogenated alkanes) is 1. The van der Waals surface area contributed by atoms with Gasteiger partial charge in [-0.25, -0.2) is 4.98 Å². The molecule has 3 aromatic carbocycles. The van der Waals surface area contributed by atoms with Gasteiger partial charge in [0.25, 0.3) is 0 Å². The molecule has 0 saturated heterocycles. The van der Waals surface area contributed by atoms with E-state index in [9.17, 15) is 9.90 Å². The Balaban J connectivity index is 1.48. The topological polar surface area (TPSA) is 133 Å². The number of phenols is 1. The summed E-state index contributed by atoms with van der Waals surface area (Å²) in [6, 6.07) is 22.3. The zero-order chi connectivity index (χ0) is 31.1. The molecule has 2 heterocycles. The number of benzene rings is 3.